The Labute approximate surface area is 120 Å². The van der Waals surface area contributed by atoms with Gasteiger partial charge in [0, 0.05) is 6.20 Å². The Balaban J connectivity index is 2.17. The number of aromatic nitrogens is 1. The maximum atomic E-state index is 12.3. The van der Waals surface area contributed by atoms with Crippen molar-refractivity contribution in [2.45, 2.75) is 6.18 Å². The number of hydrogen-bond donors (Lipinski definition) is 2. The summed E-state index contributed by atoms with van der Waals surface area (Å²) < 4.78 is 37.0. The maximum absolute atomic E-state index is 12.3. The molecule has 2 aromatic heterocycles. The molecule has 2 heterocycles. The van der Waals surface area contributed by atoms with Crippen LogP contribution in [0.3, 0.4) is 0 Å². The van der Waals surface area contributed by atoms with Gasteiger partial charge >= 0.3 is 12.1 Å². The predicted molar refractivity (Wildman–Crippen MR) is 68.5 cm³/mol. The number of thiophene rings is 1. The standard InChI is InChI=1S/C12H7F3N2O3S/c13-12(14,15)8-2-1-6(5-16-8)9(18)17-10-7(11(19)20)3-4-21-10/h1-5H,(H,17,18)(H,19,20). The van der Waals surface area contributed by atoms with E-state index in [0.717, 1.165) is 23.6 Å². The first-order chi connectivity index (χ1) is 9.79. The zero-order valence-electron chi connectivity index (χ0n) is 10.1. The van der Waals surface area contributed by atoms with Crippen LogP contribution in [0.4, 0.5) is 18.2 Å². The Morgan fingerprint density at radius 3 is 2.48 bits per heavy atom. The molecule has 0 aliphatic carbocycles. The second-order valence-electron chi connectivity index (χ2n) is 3.85. The summed E-state index contributed by atoms with van der Waals surface area (Å²) in [4.78, 5) is 25.9. The molecule has 0 spiro atoms. The van der Waals surface area contributed by atoms with E-state index in [1.807, 2.05) is 0 Å². The van der Waals surface area contributed by atoms with E-state index in [1.165, 1.54) is 11.4 Å². The molecule has 0 saturated carbocycles. The van der Waals surface area contributed by atoms with Gasteiger partial charge in [-0.15, -0.1) is 11.3 Å². The number of carboxylic acid groups (broad SMARTS) is 1. The molecule has 2 rings (SSSR count). The Bertz CT molecular complexity index is 680. The van der Waals surface area contributed by atoms with E-state index >= 15 is 0 Å². The minimum absolute atomic E-state index is 0.0896. The molecule has 0 aliphatic rings. The Morgan fingerprint density at radius 1 is 1.24 bits per heavy atom. The predicted octanol–water partition coefficient (Wildman–Crippen LogP) is 3.11. The van der Waals surface area contributed by atoms with Gasteiger partial charge in [0.25, 0.3) is 5.91 Å². The van der Waals surface area contributed by atoms with Crippen LogP contribution in [-0.4, -0.2) is 22.0 Å². The average molecular weight is 316 g/mol. The van der Waals surface area contributed by atoms with Gasteiger partial charge in [-0.2, -0.15) is 13.2 Å². The molecule has 0 radical (unpaired) electrons. The van der Waals surface area contributed by atoms with Crippen LogP contribution in [0.15, 0.2) is 29.8 Å². The monoisotopic (exact) mass is 316 g/mol. The summed E-state index contributed by atoms with van der Waals surface area (Å²) in [7, 11) is 0. The molecule has 0 saturated heterocycles. The van der Waals surface area contributed by atoms with Crippen molar-refractivity contribution in [2.75, 3.05) is 5.32 Å². The number of carbonyl (C=O) groups excluding carboxylic acids is 1. The lowest BCUT2D eigenvalue weighted by Crippen LogP contribution is -2.15. The van der Waals surface area contributed by atoms with Gasteiger partial charge in [-0.3, -0.25) is 9.78 Å². The number of hydrogen-bond acceptors (Lipinski definition) is 4. The van der Waals surface area contributed by atoms with Gasteiger partial charge in [-0.05, 0) is 23.6 Å². The van der Waals surface area contributed by atoms with Crippen molar-refractivity contribution in [3.8, 4) is 0 Å². The normalized spacial score (nSPS) is 11.2. The summed E-state index contributed by atoms with van der Waals surface area (Å²) >= 11 is 0.995. The van der Waals surface area contributed by atoms with E-state index in [9.17, 15) is 22.8 Å². The molecule has 0 bridgehead atoms. The van der Waals surface area contributed by atoms with Crippen LogP contribution in [0, 0.1) is 0 Å². The van der Waals surface area contributed by atoms with Gasteiger partial charge < -0.3 is 10.4 Å². The van der Waals surface area contributed by atoms with Crippen molar-refractivity contribution in [1.29, 1.82) is 0 Å². The van der Waals surface area contributed by atoms with Crippen LogP contribution in [0.5, 0.6) is 0 Å². The van der Waals surface area contributed by atoms with Crippen molar-refractivity contribution in [2.24, 2.45) is 0 Å². The first kappa shape index (κ1) is 15.0. The highest BCUT2D eigenvalue weighted by Gasteiger charge is 2.32. The van der Waals surface area contributed by atoms with E-state index in [2.05, 4.69) is 10.3 Å². The second kappa shape index (κ2) is 5.52. The number of halogens is 3. The van der Waals surface area contributed by atoms with Gasteiger partial charge in [0.15, 0.2) is 0 Å². The number of pyridine rings is 1. The highest BCUT2D eigenvalue weighted by molar-refractivity contribution is 7.14. The van der Waals surface area contributed by atoms with Crippen LogP contribution < -0.4 is 5.32 Å². The van der Waals surface area contributed by atoms with Crippen molar-refractivity contribution < 1.29 is 27.9 Å². The molecule has 0 unspecified atom stereocenters. The fraction of sp³-hybridized carbons (Fsp3) is 0.0833. The van der Waals surface area contributed by atoms with Gasteiger partial charge in [0.05, 0.1) is 11.1 Å². The molecular weight excluding hydrogens is 309 g/mol. The summed E-state index contributed by atoms with van der Waals surface area (Å²) in [5.41, 5.74) is -1.30. The number of rotatable bonds is 3. The highest BCUT2D eigenvalue weighted by atomic mass is 32.1. The van der Waals surface area contributed by atoms with Crippen LogP contribution in [0.2, 0.25) is 0 Å². The van der Waals surface area contributed by atoms with Crippen LogP contribution >= 0.6 is 11.3 Å². The van der Waals surface area contributed by atoms with E-state index in [-0.39, 0.29) is 16.1 Å². The third-order valence-corrected chi connectivity index (χ3v) is 3.27. The number of amides is 1. The molecule has 9 heteroatoms. The molecule has 0 atom stereocenters. The molecule has 0 aromatic carbocycles. The number of nitrogens with one attached hydrogen (secondary N) is 1. The highest BCUT2D eigenvalue weighted by Crippen LogP contribution is 2.27. The minimum atomic E-state index is -4.58. The van der Waals surface area contributed by atoms with Gasteiger partial charge in [-0.1, -0.05) is 0 Å². The Hall–Kier alpha value is -2.42. The molecule has 21 heavy (non-hydrogen) atoms. The van der Waals surface area contributed by atoms with E-state index in [0.29, 0.717) is 6.07 Å². The van der Waals surface area contributed by atoms with Gasteiger partial charge in [0.1, 0.15) is 10.7 Å². The molecule has 0 fully saturated rings. The summed E-state index contributed by atoms with van der Waals surface area (Å²) in [5.74, 6) is -1.95. The molecule has 0 aliphatic heterocycles. The smallest absolute Gasteiger partial charge is 0.433 e. The zero-order valence-corrected chi connectivity index (χ0v) is 11.0. The lowest BCUT2D eigenvalue weighted by molar-refractivity contribution is -0.141. The first-order valence-electron chi connectivity index (χ1n) is 5.44. The van der Waals surface area contributed by atoms with E-state index < -0.39 is 23.7 Å². The molecule has 2 aromatic rings. The number of carbonyl (C=O) groups is 2. The summed E-state index contributed by atoms with van der Waals surface area (Å²) in [6.07, 6.45) is -3.80. The molecule has 110 valence electrons. The number of carboxylic acids is 1. The van der Waals surface area contributed by atoms with Gasteiger partial charge in [-0.25, -0.2) is 4.79 Å². The first-order valence-corrected chi connectivity index (χ1v) is 6.32. The van der Waals surface area contributed by atoms with Crippen LogP contribution in [0.25, 0.3) is 0 Å². The summed E-state index contributed by atoms with van der Waals surface area (Å²) in [5, 5.41) is 12.8. The molecule has 2 N–H and O–H groups in total. The number of aromatic carboxylic acids is 1. The second-order valence-corrected chi connectivity index (χ2v) is 4.77. The Morgan fingerprint density at radius 2 is 1.95 bits per heavy atom. The molecular formula is C12H7F3N2O3S. The molecule has 5 nitrogen and oxygen atoms in total. The number of anilines is 1. The van der Waals surface area contributed by atoms with Crippen molar-refractivity contribution in [3.63, 3.8) is 0 Å². The SMILES string of the molecule is O=C(Nc1sccc1C(=O)O)c1ccc(C(F)(F)F)nc1. The van der Waals surface area contributed by atoms with Crippen LogP contribution in [0.1, 0.15) is 26.4 Å². The fourth-order valence-corrected chi connectivity index (χ4v) is 2.22. The van der Waals surface area contributed by atoms with Crippen LogP contribution in [-0.2, 0) is 6.18 Å². The third kappa shape index (κ3) is 3.37. The minimum Gasteiger partial charge on any atom is -0.478 e. The largest absolute Gasteiger partial charge is 0.478 e. The fourth-order valence-electron chi connectivity index (χ4n) is 1.45. The zero-order chi connectivity index (χ0) is 15.6. The van der Waals surface area contributed by atoms with Crippen molar-refractivity contribution in [3.05, 3.63) is 46.6 Å². The topological polar surface area (TPSA) is 79.3 Å². The third-order valence-electron chi connectivity index (χ3n) is 2.44. The maximum Gasteiger partial charge on any atom is 0.433 e. The van der Waals surface area contributed by atoms with Crippen molar-refractivity contribution in [1.82, 2.24) is 4.98 Å². The number of nitrogens with zero attached hydrogens (tertiary/aromatic N) is 1. The summed E-state index contributed by atoms with van der Waals surface area (Å²) in [6.45, 7) is 0. The molecule has 1 amide bonds. The lowest BCUT2D eigenvalue weighted by Gasteiger charge is -2.07. The van der Waals surface area contributed by atoms with Crippen molar-refractivity contribution >= 4 is 28.2 Å². The van der Waals surface area contributed by atoms with Gasteiger partial charge in [0.2, 0.25) is 0 Å². The summed E-state index contributed by atoms with van der Waals surface area (Å²) in [6, 6.07) is 2.97. The quantitative estimate of drug-likeness (QED) is 0.912. The number of alkyl halides is 3. The van der Waals surface area contributed by atoms with E-state index in [4.69, 9.17) is 5.11 Å². The average Bonchev–Trinajstić information content (AvgIpc) is 2.86. The lowest BCUT2D eigenvalue weighted by atomic mass is 10.2. The Kier molecular flexibility index (Phi) is 3.94. The van der Waals surface area contributed by atoms with E-state index in [1.54, 1.807) is 0 Å².